The van der Waals surface area contributed by atoms with Gasteiger partial charge in [-0.3, -0.25) is 0 Å². The van der Waals surface area contributed by atoms with Crippen molar-refractivity contribution in [3.8, 4) is 0 Å². The number of thiocarbonyl (C=S) groups is 1. The quantitative estimate of drug-likeness (QED) is 0.507. The molecule has 0 aliphatic rings. The van der Waals surface area contributed by atoms with E-state index in [1.54, 1.807) is 11.8 Å². The van der Waals surface area contributed by atoms with E-state index < -0.39 is 15.3 Å². The van der Waals surface area contributed by atoms with Crippen molar-refractivity contribution in [2.24, 2.45) is 5.73 Å². The lowest BCUT2D eigenvalue weighted by atomic mass is 10.5. The van der Waals surface area contributed by atoms with Gasteiger partial charge in [0, 0.05) is 6.54 Å². The Balaban J connectivity index is 4.02. The number of rotatable bonds is 7. The van der Waals surface area contributed by atoms with Crippen LogP contribution in [0.15, 0.2) is 0 Å². The highest BCUT2D eigenvalue weighted by Crippen LogP contribution is 2.00. The fourth-order valence-corrected chi connectivity index (χ4v) is 2.51. The Morgan fingerprint density at radius 2 is 2.21 bits per heavy atom. The van der Waals surface area contributed by atoms with E-state index >= 15 is 0 Å². The zero-order valence-electron chi connectivity index (χ0n) is 8.32. The molecule has 1 unspecified atom stereocenters. The van der Waals surface area contributed by atoms with E-state index in [4.69, 9.17) is 5.73 Å². The summed E-state index contributed by atoms with van der Waals surface area (Å²) in [6, 6.07) is 0. The molecular formula is C7H16N2O2S3. The zero-order valence-corrected chi connectivity index (χ0v) is 10.8. The summed E-state index contributed by atoms with van der Waals surface area (Å²) in [5.74, 6) is 0.934. The van der Waals surface area contributed by atoms with Crippen LogP contribution in [-0.2, 0) is 10.0 Å². The smallest absolute Gasteiger partial charge is 0.220 e. The minimum Gasteiger partial charge on any atom is -0.392 e. The van der Waals surface area contributed by atoms with Crippen LogP contribution < -0.4 is 10.5 Å². The van der Waals surface area contributed by atoms with Crippen LogP contribution in [0.5, 0.6) is 0 Å². The van der Waals surface area contributed by atoms with Crippen LogP contribution in [0.3, 0.4) is 0 Å². The highest BCUT2D eigenvalue weighted by Gasteiger charge is 2.21. The molecule has 0 amide bonds. The number of thioether (sulfide) groups is 1. The predicted octanol–water partition coefficient (Wildman–Crippen LogP) is 0.334. The molecule has 0 heterocycles. The van der Waals surface area contributed by atoms with Crippen LogP contribution >= 0.6 is 24.0 Å². The molecule has 0 saturated heterocycles. The third-order valence-electron chi connectivity index (χ3n) is 1.69. The summed E-state index contributed by atoms with van der Waals surface area (Å²) in [4.78, 5) is 0.00219. The molecule has 0 rings (SSSR count). The van der Waals surface area contributed by atoms with Crippen molar-refractivity contribution in [3.63, 3.8) is 0 Å². The van der Waals surface area contributed by atoms with Crippen LogP contribution in [0.2, 0.25) is 0 Å². The van der Waals surface area contributed by atoms with E-state index in [1.165, 1.54) is 6.92 Å². The molecule has 14 heavy (non-hydrogen) atoms. The Morgan fingerprint density at radius 1 is 1.64 bits per heavy atom. The predicted molar refractivity (Wildman–Crippen MR) is 66.2 cm³/mol. The van der Waals surface area contributed by atoms with E-state index in [0.717, 1.165) is 12.2 Å². The zero-order chi connectivity index (χ0) is 11.2. The lowest BCUT2D eigenvalue weighted by Crippen LogP contribution is -2.40. The molecule has 0 bridgehead atoms. The van der Waals surface area contributed by atoms with Gasteiger partial charge in [0.1, 0.15) is 5.25 Å². The highest BCUT2D eigenvalue weighted by molar-refractivity contribution is 7.98. The molecule has 0 fully saturated rings. The van der Waals surface area contributed by atoms with Gasteiger partial charge in [-0.1, -0.05) is 12.2 Å². The fourth-order valence-electron chi connectivity index (χ4n) is 0.709. The third-order valence-corrected chi connectivity index (χ3v) is 4.69. The summed E-state index contributed by atoms with van der Waals surface area (Å²) in [6.45, 7) is 1.93. The van der Waals surface area contributed by atoms with Crippen LogP contribution in [-0.4, -0.2) is 37.2 Å². The molecule has 0 saturated carbocycles. The second-order valence-electron chi connectivity index (χ2n) is 2.83. The van der Waals surface area contributed by atoms with Crippen molar-refractivity contribution >= 4 is 39.0 Å². The first kappa shape index (κ1) is 14.2. The molecular weight excluding hydrogens is 240 g/mol. The van der Waals surface area contributed by atoms with Crippen molar-refractivity contribution in [3.05, 3.63) is 0 Å². The standard InChI is InChI=1S/C7H16N2O2S3/c1-6(7(8)12)14(10,11)9-4-3-5-13-2/h6,9H,3-5H2,1-2H3,(H2,8,12). The van der Waals surface area contributed by atoms with E-state index in [0.29, 0.717) is 6.54 Å². The number of nitrogens with two attached hydrogens (primary N) is 1. The topological polar surface area (TPSA) is 72.2 Å². The molecule has 84 valence electrons. The van der Waals surface area contributed by atoms with E-state index in [9.17, 15) is 8.42 Å². The molecule has 0 aliphatic carbocycles. The minimum absolute atomic E-state index is 0.00219. The molecule has 0 radical (unpaired) electrons. The van der Waals surface area contributed by atoms with Gasteiger partial charge in [0.2, 0.25) is 10.0 Å². The summed E-state index contributed by atoms with van der Waals surface area (Å²) in [5.41, 5.74) is 5.26. The number of hydrogen-bond acceptors (Lipinski definition) is 4. The van der Waals surface area contributed by atoms with E-state index in [1.807, 2.05) is 6.26 Å². The first-order valence-electron chi connectivity index (χ1n) is 4.18. The largest absolute Gasteiger partial charge is 0.392 e. The van der Waals surface area contributed by atoms with Gasteiger partial charge in [0.05, 0.1) is 4.99 Å². The number of sulfonamides is 1. The van der Waals surface area contributed by atoms with Crippen molar-refractivity contribution in [1.82, 2.24) is 4.72 Å². The molecule has 4 nitrogen and oxygen atoms in total. The van der Waals surface area contributed by atoms with Gasteiger partial charge >= 0.3 is 0 Å². The average Bonchev–Trinajstić information content (AvgIpc) is 2.11. The summed E-state index contributed by atoms with van der Waals surface area (Å²) < 4.78 is 25.4. The maximum absolute atomic E-state index is 11.4. The number of nitrogens with one attached hydrogen (secondary N) is 1. The molecule has 0 spiro atoms. The Bertz CT molecular complexity index is 277. The van der Waals surface area contributed by atoms with Crippen LogP contribution in [0, 0.1) is 0 Å². The van der Waals surface area contributed by atoms with Gasteiger partial charge in [-0.05, 0) is 25.4 Å². The van der Waals surface area contributed by atoms with E-state index in [2.05, 4.69) is 16.9 Å². The number of hydrogen-bond donors (Lipinski definition) is 2. The lowest BCUT2D eigenvalue weighted by molar-refractivity contribution is 0.578. The molecule has 0 aromatic rings. The Kier molecular flexibility index (Phi) is 6.67. The van der Waals surface area contributed by atoms with Gasteiger partial charge in [0.25, 0.3) is 0 Å². The third kappa shape index (κ3) is 5.14. The maximum atomic E-state index is 11.4. The second-order valence-corrected chi connectivity index (χ2v) is 6.37. The SMILES string of the molecule is CSCCCNS(=O)(=O)C(C)C(N)=S. The normalized spacial score (nSPS) is 13.9. The summed E-state index contributed by atoms with van der Waals surface area (Å²) in [6.07, 6.45) is 2.79. The average molecular weight is 256 g/mol. The Morgan fingerprint density at radius 3 is 2.64 bits per heavy atom. The van der Waals surface area contributed by atoms with Crippen molar-refractivity contribution < 1.29 is 8.42 Å². The molecule has 0 aromatic heterocycles. The molecule has 3 N–H and O–H groups in total. The minimum atomic E-state index is -3.37. The highest BCUT2D eigenvalue weighted by atomic mass is 32.2. The van der Waals surface area contributed by atoms with Gasteiger partial charge < -0.3 is 5.73 Å². The van der Waals surface area contributed by atoms with Crippen LogP contribution in [0.1, 0.15) is 13.3 Å². The van der Waals surface area contributed by atoms with E-state index in [-0.39, 0.29) is 4.99 Å². The Labute approximate surface area is 95.1 Å². The van der Waals surface area contributed by atoms with Gasteiger partial charge in [-0.2, -0.15) is 11.8 Å². The summed E-state index contributed by atoms with van der Waals surface area (Å²) >= 11 is 6.30. The van der Waals surface area contributed by atoms with Gasteiger partial charge in [0.15, 0.2) is 0 Å². The van der Waals surface area contributed by atoms with Crippen molar-refractivity contribution in [2.45, 2.75) is 18.6 Å². The summed E-state index contributed by atoms with van der Waals surface area (Å²) in [5, 5.41) is -0.799. The van der Waals surface area contributed by atoms with Gasteiger partial charge in [-0.25, -0.2) is 13.1 Å². The fraction of sp³-hybridized carbons (Fsp3) is 0.857. The maximum Gasteiger partial charge on any atom is 0.220 e. The first-order chi connectivity index (χ1) is 6.41. The molecule has 7 heteroatoms. The first-order valence-corrected chi connectivity index (χ1v) is 7.53. The van der Waals surface area contributed by atoms with Gasteiger partial charge in [-0.15, -0.1) is 0 Å². The van der Waals surface area contributed by atoms with Crippen LogP contribution in [0.25, 0.3) is 0 Å². The van der Waals surface area contributed by atoms with Crippen LogP contribution in [0.4, 0.5) is 0 Å². The van der Waals surface area contributed by atoms with Crippen molar-refractivity contribution in [1.29, 1.82) is 0 Å². The molecule has 0 aromatic carbocycles. The Hall–Kier alpha value is 0.150. The lowest BCUT2D eigenvalue weighted by Gasteiger charge is -2.11. The molecule has 0 aliphatic heterocycles. The summed E-state index contributed by atoms with van der Waals surface area (Å²) in [7, 11) is -3.37. The second kappa shape index (κ2) is 6.60. The molecule has 1 atom stereocenters. The monoisotopic (exact) mass is 256 g/mol. The van der Waals surface area contributed by atoms with Crippen molar-refractivity contribution in [2.75, 3.05) is 18.6 Å².